The molecule has 1 aliphatic carbocycles. The molecular weight excluding hydrogens is 513 g/mol. The molecule has 2 aromatic carbocycles. The maximum atomic E-state index is 13.3. The van der Waals surface area contributed by atoms with Crippen LogP contribution in [0.2, 0.25) is 0 Å². The molecule has 1 amide bonds. The predicted molar refractivity (Wildman–Crippen MR) is 143 cm³/mol. The van der Waals surface area contributed by atoms with E-state index in [0.717, 1.165) is 30.9 Å². The topological polar surface area (TPSA) is 88.0 Å². The second-order valence-corrected chi connectivity index (χ2v) is 10.8. The van der Waals surface area contributed by atoms with Crippen molar-refractivity contribution in [3.05, 3.63) is 63.7 Å². The highest BCUT2D eigenvalue weighted by Crippen LogP contribution is 2.38. The molecule has 11 heteroatoms. The number of piperazine rings is 1. The molecular formula is C28H35F3N4O4. The number of amides is 1. The maximum Gasteiger partial charge on any atom is 0.423 e. The summed E-state index contributed by atoms with van der Waals surface area (Å²) < 4.78 is 46.2. The number of alkyl halides is 3. The molecule has 0 radical (unpaired) electrons. The molecule has 2 fully saturated rings. The lowest BCUT2D eigenvalue weighted by atomic mass is 9.92. The Morgan fingerprint density at radius 2 is 1.62 bits per heavy atom. The minimum absolute atomic E-state index is 0.0446. The normalized spacial score (nSPS) is 20.6. The largest absolute Gasteiger partial charge is 0.423 e. The Hall–Kier alpha value is -3.34. The first-order chi connectivity index (χ1) is 18.3. The highest BCUT2D eigenvalue weighted by Gasteiger charge is 2.39. The molecule has 1 saturated heterocycles. The van der Waals surface area contributed by atoms with Gasteiger partial charge in [0.15, 0.2) is 0 Å². The Balaban J connectivity index is 1.27. The van der Waals surface area contributed by atoms with Gasteiger partial charge in [0.05, 0.1) is 11.0 Å². The van der Waals surface area contributed by atoms with Crippen molar-refractivity contribution in [2.24, 2.45) is 0 Å². The van der Waals surface area contributed by atoms with Gasteiger partial charge in [-0.3, -0.25) is 14.9 Å². The fourth-order valence-electron chi connectivity index (χ4n) is 5.34. The summed E-state index contributed by atoms with van der Waals surface area (Å²) >= 11 is 0. The molecule has 0 spiro atoms. The maximum absolute atomic E-state index is 13.3. The van der Waals surface area contributed by atoms with Gasteiger partial charge in [0.25, 0.3) is 11.6 Å². The van der Waals surface area contributed by atoms with E-state index in [0.29, 0.717) is 38.8 Å². The molecule has 1 N–H and O–H groups in total. The van der Waals surface area contributed by atoms with Crippen LogP contribution in [-0.4, -0.2) is 59.7 Å². The van der Waals surface area contributed by atoms with Crippen LogP contribution in [0.25, 0.3) is 0 Å². The van der Waals surface area contributed by atoms with Crippen LogP contribution in [0.15, 0.2) is 42.5 Å². The van der Waals surface area contributed by atoms with Gasteiger partial charge in [0.1, 0.15) is 11.2 Å². The number of benzene rings is 2. The zero-order chi connectivity index (χ0) is 28.4. The molecule has 0 atom stereocenters. The number of hydrogen-bond acceptors (Lipinski definition) is 6. The van der Waals surface area contributed by atoms with Gasteiger partial charge in [-0.2, -0.15) is 13.2 Å². The van der Waals surface area contributed by atoms with Crippen molar-refractivity contribution in [2.75, 3.05) is 36.4 Å². The number of anilines is 2. The summed E-state index contributed by atoms with van der Waals surface area (Å²) in [7, 11) is 0. The smallest absolute Gasteiger partial charge is 0.382 e. The van der Waals surface area contributed by atoms with Crippen molar-refractivity contribution in [3.63, 3.8) is 0 Å². The summed E-state index contributed by atoms with van der Waals surface area (Å²) in [6.07, 6.45) is -2.38. The summed E-state index contributed by atoms with van der Waals surface area (Å²) in [4.78, 5) is 27.4. The number of nitro groups is 1. The van der Waals surface area contributed by atoms with Gasteiger partial charge < -0.3 is 19.9 Å². The number of nitrogens with zero attached hydrogens (tertiary/aromatic N) is 3. The van der Waals surface area contributed by atoms with E-state index in [4.69, 9.17) is 4.74 Å². The molecule has 1 aliphatic heterocycles. The Labute approximate surface area is 226 Å². The molecule has 0 bridgehead atoms. The van der Waals surface area contributed by atoms with E-state index in [-0.39, 0.29) is 23.7 Å². The third kappa shape index (κ3) is 7.00. The molecule has 1 heterocycles. The number of carbonyl (C=O) groups excluding carboxylic acids is 1. The van der Waals surface area contributed by atoms with E-state index in [1.165, 1.54) is 11.6 Å². The van der Waals surface area contributed by atoms with Crippen molar-refractivity contribution in [2.45, 2.75) is 70.4 Å². The molecule has 2 aromatic rings. The van der Waals surface area contributed by atoms with Gasteiger partial charge in [-0.25, -0.2) is 0 Å². The number of ether oxygens (including phenoxy) is 1. The second-order valence-electron chi connectivity index (χ2n) is 10.8. The third-order valence-electron chi connectivity index (χ3n) is 7.49. The first kappa shape index (κ1) is 28.7. The van der Waals surface area contributed by atoms with E-state index < -0.39 is 28.0 Å². The predicted octanol–water partition coefficient (Wildman–Crippen LogP) is 5.79. The fraction of sp³-hybridized carbons (Fsp3) is 0.536. The van der Waals surface area contributed by atoms with Crippen molar-refractivity contribution < 1.29 is 27.6 Å². The summed E-state index contributed by atoms with van der Waals surface area (Å²) in [5.74, 6) is -0.0446. The van der Waals surface area contributed by atoms with Crippen molar-refractivity contribution in [1.29, 1.82) is 0 Å². The molecule has 1 saturated carbocycles. The highest BCUT2D eigenvalue weighted by atomic mass is 19.4. The van der Waals surface area contributed by atoms with Crippen LogP contribution < -0.4 is 10.2 Å². The molecule has 4 rings (SSSR count). The van der Waals surface area contributed by atoms with Gasteiger partial charge in [-0.05, 0) is 70.7 Å². The number of halogens is 3. The van der Waals surface area contributed by atoms with Gasteiger partial charge in [-0.1, -0.05) is 17.7 Å². The Morgan fingerprint density at radius 1 is 1.00 bits per heavy atom. The van der Waals surface area contributed by atoms with Crippen LogP contribution in [0.1, 0.15) is 50.7 Å². The lowest BCUT2D eigenvalue weighted by molar-refractivity contribution is -0.388. The molecule has 8 nitrogen and oxygen atoms in total. The number of aryl methyl sites for hydroxylation is 1. The van der Waals surface area contributed by atoms with Crippen LogP contribution in [-0.2, 0) is 15.7 Å². The Bertz CT molecular complexity index is 1170. The van der Waals surface area contributed by atoms with Crippen LogP contribution >= 0.6 is 0 Å². The highest BCUT2D eigenvalue weighted by molar-refractivity contribution is 5.84. The summed E-state index contributed by atoms with van der Waals surface area (Å²) in [5.41, 5.74) is -0.674. The number of hydrogen-bond donors (Lipinski definition) is 1. The van der Waals surface area contributed by atoms with Gasteiger partial charge in [-0.15, -0.1) is 0 Å². The molecule has 2 aliphatic rings. The first-order valence-electron chi connectivity index (χ1n) is 13.2. The minimum atomic E-state index is -4.82. The van der Waals surface area contributed by atoms with Crippen LogP contribution in [0.3, 0.4) is 0 Å². The van der Waals surface area contributed by atoms with Crippen LogP contribution in [0.5, 0.6) is 0 Å². The molecule has 0 aromatic heterocycles. The van der Waals surface area contributed by atoms with Gasteiger partial charge >= 0.3 is 6.18 Å². The zero-order valence-corrected chi connectivity index (χ0v) is 22.5. The van der Waals surface area contributed by atoms with Crippen molar-refractivity contribution in [1.82, 2.24) is 4.90 Å². The molecule has 39 heavy (non-hydrogen) atoms. The monoisotopic (exact) mass is 548 g/mol. The number of nitro benzene ring substituents is 1. The summed E-state index contributed by atoms with van der Waals surface area (Å²) in [6.45, 7) is 8.37. The van der Waals surface area contributed by atoms with E-state index in [2.05, 4.69) is 41.4 Å². The standard InChI is InChI=1S/C28H35F3N4O4/c1-19-4-9-22(10-5-19)33-14-16-34(17-15-33)26(36)27(2,3)39-23-11-6-20(7-12-23)32-21-8-13-25(35(37)38)24(18-21)28(29,30)31/h4-5,8-10,13,18,20,23,32H,6-7,11-12,14-17H2,1-3H3. The first-order valence-corrected chi connectivity index (χ1v) is 13.2. The average molecular weight is 549 g/mol. The lowest BCUT2D eigenvalue weighted by Gasteiger charge is -2.41. The number of nitrogens with one attached hydrogen (secondary N) is 1. The number of rotatable bonds is 7. The zero-order valence-electron chi connectivity index (χ0n) is 22.5. The summed E-state index contributed by atoms with van der Waals surface area (Å²) in [5, 5.41) is 14.1. The molecule has 212 valence electrons. The van der Waals surface area contributed by atoms with Gasteiger partial charge in [0.2, 0.25) is 0 Å². The minimum Gasteiger partial charge on any atom is -0.382 e. The van der Waals surface area contributed by atoms with Crippen molar-refractivity contribution >= 4 is 23.0 Å². The van der Waals surface area contributed by atoms with Crippen LogP contribution in [0.4, 0.5) is 30.2 Å². The Morgan fingerprint density at radius 3 is 2.18 bits per heavy atom. The van der Waals surface area contributed by atoms with E-state index in [9.17, 15) is 28.1 Å². The Kier molecular flexibility index (Phi) is 8.39. The van der Waals surface area contributed by atoms with Crippen molar-refractivity contribution in [3.8, 4) is 0 Å². The number of carbonyl (C=O) groups is 1. The quantitative estimate of drug-likeness (QED) is 0.348. The van der Waals surface area contributed by atoms with Crippen LogP contribution in [0, 0.1) is 17.0 Å². The van der Waals surface area contributed by atoms with E-state index >= 15 is 0 Å². The van der Waals surface area contributed by atoms with E-state index in [1.54, 1.807) is 13.8 Å². The lowest BCUT2D eigenvalue weighted by Crippen LogP contribution is -2.55. The summed E-state index contributed by atoms with van der Waals surface area (Å²) in [6, 6.07) is 11.2. The second kappa shape index (κ2) is 11.4. The fourth-order valence-corrected chi connectivity index (χ4v) is 5.34. The third-order valence-corrected chi connectivity index (χ3v) is 7.49. The molecule has 0 unspecified atom stereocenters. The average Bonchev–Trinajstić information content (AvgIpc) is 2.89. The van der Waals surface area contributed by atoms with E-state index in [1.807, 2.05) is 4.90 Å². The SMILES string of the molecule is Cc1ccc(N2CCN(C(=O)C(C)(C)OC3CCC(Nc4ccc([N+](=O)[O-])c(C(F)(F)F)c4)CC3)CC2)cc1. The van der Waals surface area contributed by atoms with Gasteiger partial charge in [0, 0.05) is 49.7 Å².